The number of cyclic esters (lactones) is 1. The van der Waals surface area contributed by atoms with Crippen LogP contribution >= 0.6 is 11.3 Å². The first kappa shape index (κ1) is 17.3. The molecule has 1 saturated heterocycles. The molecule has 0 aliphatic carbocycles. The quantitative estimate of drug-likeness (QED) is 0.672. The third-order valence-corrected chi connectivity index (χ3v) is 4.79. The number of ether oxygens (including phenoxy) is 1. The van der Waals surface area contributed by atoms with Gasteiger partial charge in [0.1, 0.15) is 11.9 Å². The number of halogens is 1. The van der Waals surface area contributed by atoms with Crippen molar-refractivity contribution >= 4 is 34.2 Å². The minimum atomic E-state index is -0.609. The number of thiazole rings is 1. The number of amides is 1. The van der Waals surface area contributed by atoms with Gasteiger partial charge in [-0.3, -0.25) is 10.2 Å². The fraction of sp³-hybridized carbons (Fsp3) is 0.267. The Hall–Kier alpha value is -3.12. The first-order valence-electron chi connectivity index (χ1n) is 7.89. The third-order valence-electron chi connectivity index (χ3n) is 3.84. The predicted octanol–water partition coefficient (Wildman–Crippen LogP) is 1.53. The van der Waals surface area contributed by atoms with Crippen LogP contribution in [0.2, 0.25) is 0 Å². The molecule has 1 atom stereocenters. The maximum atomic E-state index is 14.6. The molecule has 12 heteroatoms. The zero-order chi connectivity index (χ0) is 19.0. The first-order valence-corrected chi connectivity index (χ1v) is 8.71. The number of aliphatic hydroxyl groups is 1. The fourth-order valence-electron chi connectivity index (χ4n) is 2.59. The van der Waals surface area contributed by atoms with E-state index in [-0.39, 0.29) is 13.2 Å². The molecule has 3 heterocycles. The van der Waals surface area contributed by atoms with E-state index >= 15 is 0 Å². The third kappa shape index (κ3) is 3.44. The number of aromatic nitrogens is 5. The van der Waals surface area contributed by atoms with E-state index < -0.39 is 18.0 Å². The smallest absolute Gasteiger partial charge is 0.414 e. The van der Waals surface area contributed by atoms with Gasteiger partial charge in [-0.2, -0.15) is 4.80 Å². The summed E-state index contributed by atoms with van der Waals surface area (Å²) in [5.74, 6) is -0.208. The first-order chi connectivity index (χ1) is 13.0. The van der Waals surface area contributed by atoms with Crippen molar-refractivity contribution in [2.24, 2.45) is 7.05 Å². The van der Waals surface area contributed by atoms with E-state index in [4.69, 9.17) is 9.84 Å². The second-order valence-corrected chi connectivity index (χ2v) is 6.75. The molecule has 0 radical (unpaired) electrons. The molecule has 1 aromatic carbocycles. The van der Waals surface area contributed by atoms with Gasteiger partial charge in [-0.1, -0.05) is 16.4 Å². The van der Waals surface area contributed by atoms with Crippen molar-refractivity contribution in [1.29, 1.82) is 0 Å². The molecule has 1 unspecified atom stereocenters. The average Bonchev–Trinajstić information content (AvgIpc) is 3.36. The lowest BCUT2D eigenvalue weighted by Gasteiger charge is -2.13. The lowest BCUT2D eigenvalue weighted by molar-refractivity contribution is 0.0963. The number of benzene rings is 1. The van der Waals surface area contributed by atoms with Crippen LogP contribution in [0, 0.1) is 5.82 Å². The van der Waals surface area contributed by atoms with E-state index in [2.05, 4.69) is 25.7 Å². The van der Waals surface area contributed by atoms with Gasteiger partial charge in [0.25, 0.3) is 5.95 Å². The van der Waals surface area contributed by atoms with E-state index in [1.54, 1.807) is 19.2 Å². The fourth-order valence-corrected chi connectivity index (χ4v) is 3.42. The molecule has 1 aliphatic heterocycles. The summed E-state index contributed by atoms with van der Waals surface area (Å²) in [4.78, 5) is 19.2. The molecule has 2 N–H and O–H groups in total. The Kier molecular flexibility index (Phi) is 4.41. The number of hydrogen-bond donors (Lipinski definition) is 2. The molecular weight excluding hydrogens is 377 g/mol. The number of nitrogens with one attached hydrogen (secondary N) is 1. The molecule has 2 aromatic heterocycles. The van der Waals surface area contributed by atoms with Crippen molar-refractivity contribution in [2.75, 3.05) is 23.4 Å². The molecule has 0 bridgehead atoms. The van der Waals surface area contributed by atoms with Crippen LogP contribution in [0.1, 0.15) is 0 Å². The maximum Gasteiger partial charge on any atom is 0.414 e. The highest BCUT2D eigenvalue weighted by Crippen LogP contribution is 2.34. The van der Waals surface area contributed by atoms with Gasteiger partial charge >= 0.3 is 6.09 Å². The van der Waals surface area contributed by atoms with Gasteiger partial charge < -0.3 is 9.84 Å². The van der Waals surface area contributed by atoms with Crippen LogP contribution in [-0.2, 0) is 11.8 Å². The molecule has 1 aliphatic rings. The number of nitrogens with zero attached hydrogens (tertiary/aromatic N) is 6. The second-order valence-electron chi connectivity index (χ2n) is 5.72. The van der Waals surface area contributed by atoms with Gasteiger partial charge in [0.15, 0.2) is 5.13 Å². The highest BCUT2D eigenvalue weighted by molar-refractivity contribution is 7.18. The number of aryl methyl sites for hydroxylation is 1. The Bertz CT molecular complexity index is 991. The summed E-state index contributed by atoms with van der Waals surface area (Å²) in [7, 11) is 1.64. The zero-order valence-electron chi connectivity index (χ0n) is 14.0. The topological polar surface area (TPSA) is 118 Å². The molecule has 4 rings (SSSR count). The van der Waals surface area contributed by atoms with Crippen LogP contribution in [0.15, 0.2) is 24.4 Å². The largest absolute Gasteiger partial charge is 0.441 e. The molecule has 0 spiro atoms. The van der Waals surface area contributed by atoms with Crippen LogP contribution in [-0.4, -0.2) is 55.6 Å². The van der Waals surface area contributed by atoms with Crippen LogP contribution < -0.4 is 10.2 Å². The summed E-state index contributed by atoms with van der Waals surface area (Å²) in [5, 5.41) is 24.0. The summed E-state index contributed by atoms with van der Waals surface area (Å²) >= 11 is 1.23. The van der Waals surface area contributed by atoms with Gasteiger partial charge in [0.2, 0.25) is 0 Å². The summed E-state index contributed by atoms with van der Waals surface area (Å²) in [5.41, 5.74) is 0.714. The van der Waals surface area contributed by atoms with Crippen LogP contribution in [0.4, 0.5) is 26.0 Å². The van der Waals surface area contributed by atoms with Gasteiger partial charge in [-0.15, -0.1) is 5.10 Å². The summed E-state index contributed by atoms with van der Waals surface area (Å²) in [6, 6.07) is 4.45. The van der Waals surface area contributed by atoms with Crippen molar-refractivity contribution in [3.8, 4) is 10.4 Å². The Morgan fingerprint density at radius 1 is 1.48 bits per heavy atom. The molecule has 10 nitrogen and oxygen atoms in total. The Labute approximate surface area is 156 Å². The maximum absolute atomic E-state index is 14.6. The van der Waals surface area contributed by atoms with Gasteiger partial charge in [-0.25, -0.2) is 14.2 Å². The predicted molar refractivity (Wildman–Crippen MR) is 94.3 cm³/mol. The summed E-state index contributed by atoms with van der Waals surface area (Å²) < 4.78 is 19.6. The van der Waals surface area contributed by atoms with Crippen LogP contribution in [0.25, 0.3) is 10.4 Å². The minimum absolute atomic E-state index is 0.174. The SMILES string of the molecule is Cn1nnc(Nc2ncc(-c3ccc(N4CC(CO)OC4=O)cc3F)s2)n1. The summed E-state index contributed by atoms with van der Waals surface area (Å²) in [6.45, 7) is -0.103. The number of hydrogen-bond acceptors (Lipinski definition) is 9. The Morgan fingerprint density at radius 2 is 2.33 bits per heavy atom. The highest BCUT2D eigenvalue weighted by Gasteiger charge is 2.32. The van der Waals surface area contributed by atoms with Crippen molar-refractivity contribution in [3.63, 3.8) is 0 Å². The van der Waals surface area contributed by atoms with E-state index in [1.807, 2.05) is 0 Å². The number of carbonyl (C=O) groups is 1. The highest BCUT2D eigenvalue weighted by atomic mass is 32.1. The van der Waals surface area contributed by atoms with E-state index in [0.29, 0.717) is 27.2 Å². The standard InChI is InChI=1S/C15H14FN7O3S/c1-22-20-13(19-21-22)18-14-17-5-12(27-14)10-3-2-8(4-11(10)16)23-6-9(7-24)26-15(23)25/h2-5,9,24H,6-7H2,1H3,(H,17,18,20). The molecule has 3 aromatic rings. The Morgan fingerprint density at radius 3 is 3.00 bits per heavy atom. The molecule has 0 saturated carbocycles. The van der Waals surface area contributed by atoms with Crippen molar-refractivity contribution in [2.45, 2.75) is 6.10 Å². The Balaban J connectivity index is 1.54. The van der Waals surface area contributed by atoms with Crippen LogP contribution in [0.5, 0.6) is 0 Å². The zero-order valence-corrected chi connectivity index (χ0v) is 14.9. The lowest BCUT2D eigenvalue weighted by atomic mass is 10.1. The van der Waals surface area contributed by atoms with Gasteiger partial charge in [-0.05, 0) is 23.4 Å². The molecule has 1 amide bonds. The number of tetrazole rings is 1. The normalized spacial score (nSPS) is 16.6. The monoisotopic (exact) mass is 391 g/mol. The number of rotatable bonds is 5. The van der Waals surface area contributed by atoms with Crippen LogP contribution in [0.3, 0.4) is 0 Å². The molecule has 1 fully saturated rings. The van der Waals surface area contributed by atoms with E-state index in [1.165, 1.54) is 33.3 Å². The number of carbonyl (C=O) groups excluding carboxylic acids is 1. The molecular formula is C15H14FN7O3S. The van der Waals surface area contributed by atoms with Crippen molar-refractivity contribution < 1.29 is 19.0 Å². The molecule has 140 valence electrons. The van der Waals surface area contributed by atoms with Crippen molar-refractivity contribution in [3.05, 3.63) is 30.2 Å². The summed E-state index contributed by atoms with van der Waals surface area (Å²) in [6.07, 6.45) is 0.319. The van der Waals surface area contributed by atoms with E-state index in [0.717, 1.165) is 0 Å². The second kappa shape index (κ2) is 6.89. The number of aliphatic hydroxyl groups excluding tert-OH is 1. The lowest BCUT2D eigenvalue weighted by Crippen LogP contribution is -2.25. The minimum Gasteiger partial charge on any atom is -0.441 e. The van der Waals surface area contributed by atoms with Gasteiger partial charge in [0.05, 0.1) is 30.8 Å². The van der Waals surface area contributed by atoms with E-state index in [9.17, 15) is 9.18 Å². The van der Waals surface area contributed by atoms with Crippen molar-refractivity contribution in [1.82, 2.24) is 25.2 Å². The number of anilines is 3. The van der Waals surface area contributed by atoms with Gasteiger partial charge in [0, 0.05) is 11.8 Å². The molecule has 27 heavy (non-hydrogen) atoms. The average molecular weight is 391 g/mol.